The predicted molar refractivity (Wildman–Crippen MR) is 93.3 cm³/mol. The van der Waals surface area contributed by atoms with Crippen LogP contribution in [0.3, 0.4) is 0 Å². The summed E-state index contributed by atoms with van der Waals surface area (Å²) in [5, 5.41) is 21.7. The smallest absolute Gasteiger partial charge is 0.419 e. The number of aliphatic hydroxyl groups excluding tert-OH is 1. The fourth-order valence-corrected chi connectivity index (χ4v) is 3.15. The molecule has 0 bridgehead atoms. The van der Waals surface area contributed by atoms with Gasteiger partial charge in [-0.3, -0.25) is 4.90 Å². The lowest BCUT2D eigenvalue weighted by molar-refractivity contribution is -0.138. The number of rotatable bonds is 7. The number of ether oxygens (including phenoxy) is 1. The fraction of sp³-hybridized carbons (Fsp3) is 0.500. The summed E-state index contributed by atoms with van der Waals surface area (Å²) >= 11 is 0. The van der Waals surface area contributed by atoms with Crippen molar-refractivity contribution in [2.45, 2.75) is 37.9 Å². The van der Waals surface area contributed by atoms with Crippen molar-refractivity contribution in [2.75, 3.05) is 19.8 Å². The first-order chi connectivity index (χ1) is 13.8. The van der Waals surface area contributed by atoms with E-state index in [1.807, 2.05) is 0 Å². The Hall–Kier alpha value is -2.82. The van der Waals surface area contributed by atoms with Crippen LogP contribution in [0.1, 0.15) is 43.2 Å². The number of aromatic nitrogens is 2. The molecule has 1 fully saturated rings. The van der Waals surface area contributed by atoms with E-state index in [9.17, 15) is 23.1 Å². The number of carboxylic acid groups (broad SMARTS) is 1. The number of aliphatic hydroxyl groups is 1. The zero-order valence-corrected chi connectivity index (χ0v) is 15.4. The van der Waals surface area contributed by atoms with Gasteiger partial charge in [-0.25, -0.2) is 4.79 Å². The van der Waals surface area contributed by atoms with Gasteiger partial charge in [0.25, 0.3) is 0 Å². The van der Waals surface area contributed by atoms with Crippen LogP contribution in [-0.2, 0) is 6.18 Å². The predicted octanol–water partition coefficient (Wildman–Crippen LogP) is 3.72. The lowest BCUT2D eigenvalue weighted by Gasteiger charge is -2.17. The number of alkyl halides is 3. The van der Waals surface area contributed by atoms with Crippen LogP contribution in [0.4, 0.5) is 18.0 Å². The molecule has 0 spiro atoms. The van der Waals surface area contributed by atoms with Gasteiger partial charge >= 0.3 is 12.3 Å². The van der Waals surface area contributed by atoms with Gasteiger partial charge in [-0.2, -0.15) is 18.2 Å². The standard InChI is InChI=1S/C18H20F3N3O5/c19-18(20,21)12-10-11(5-6-14(12)28-9-2-1-8-25)15-22-16(29-23-15)13-4-3-7-24(13)17(26)27/h5-6,10,13,25H,1-4,7-9H2,(H,26,27). The van der Waals surface area contributed by atoms with Crippen LogP contribution < -0.4 is 4.74 Å². The number of nitrogens with zero attached hydrogens (tertiary/aromatic N) is 3. The molecule has 2 N–H and O–H groups in total. The Balaban J connectivity index is 1.84. The molecule has 2 aromatic rings. The Morgan fingerprint density at radius 1 is 1.34 bits per heavy atom. The molecule has 0 saturated carbocycles. The molecule has 1 atom stereocenters. The molecule has 29 heavy (non-hydrogen) atoms. The average Bonchev–Trinajstić information content (AvgIpc) is 3.33. The number of benzene rings is 1. The van der Waals surface area contributed by atoms with Gasteiger partial charge in [0.05, 0.1) is 12.2 Å². The Morgan fingerprint density at radius 3 is 2.83 bits per heavy atom. The van der Waals surface area contributed by atoms with E-state index < -0.39 is 23.9 Å². The number of halogens is 3. The summed E-state index contributed by atoms with van der Waals surface area (Å²) in [7, 11) is 0. The van der Waals surface area contributed by atoms with Crippen molar-refractivity contribution in [1.29, 1.82) is 0 Å². The highest BCUT2D eigenvalue weighted by atomic mass is 19.4. The first-order valence-corrected chi connectivity index (χ1v) is 9.09. The normalized spacial score (nSPS) is 17.0. The number of hydrogen-bond acceptors (Lipinski definition) is 6. The van der Waals surface area contributed by atoms with E-state index in [1.165, 1.54) is 17.0 Å². The van der Waals surface area contributed by atoms with Crippen LogP contribution >= 0.6 is 0 Å². The van der Waals surface area contributed by atoms with E-state index in [2.05, 4.69) is 10.1 Å². The molecular weight excluding hydrogens is 395 g/mol. The first-order valence-electron chi connectivity index (χ1n) is 9.09. The summed E-state index contributed by atoms with van der Waals surface area (Å²) in [5.41, 5.74) is -0.895. The quantitative estimate of drug-likeness (QED) is 0.664. The van der Waals surface area contributed by atoms with E-state index in [0.717, 1.165) is 6.07 Å². The summed E-state index contributed by atoms with van der Waals surface area (Å²) in [5.74, 6) is -0.330. The van der Waals surface area contributed by atoms with E-state index in [4.69, 9.17) is 14.4 Å². The van der Waals surface area contributed by atoms with Crippen LogP contribution in [0.2, 0.25) is 0 Å². The highest BCUT2D eigenvalue weighted by Crippen LogP contribution is 2.39. The van der Waals surface area contributed by atoms with Crippen LogP contribution in [0.15, 0.2) is 22.7 Å². The molecular formula is C18H20F3N3O5. The molecule has 158 valence electrons. The SMILES string of the molecule is O=C(O)N1CCCC1c1nc(-c2ccc(OCCCCO)c(C(F)(F)F)c2)no1. The molecule has 11 heteroatoms. The molecule has 1 amide bonds. The largest absolute Gasteiger partial charge is 0.493 e. The molecule has 0 radical (unpaired) electrons. The van der Waals surface area contributed by atoms with Crippen molar-refractivity contribution in [2.24, 2.45) is 0 Å². The Kier molecular flexibility index (Phi) is 6.26. The fourth-order valence-electron chi connectivity index (χ4n) is 3.15. The van der Waals surface area contributed by atoms with E-state index >= 15 is 0 Å². The Bertz CT molecular complexity index is 856. The molecule has 3 rings (SSSR count). The van der Waals surface area contributed by atoms with Gasteiger partial charge in [0.2, 0.25) is 11.7 Å². The topological polar surface area (TPSA) is 109 Å². The molecule has 1 unspecified atom stereocenters. The summed E-state index contributed by atoms with van der Waals surface area (Å²) in [4.78, 5) is 16.5. The van der Waals surface area contributed by atoms with Crippen molar-refractivity contribution in [3.8, 4) is 17.1 Å². The summed E-state index contributed by atoms with van der Waals surface area (Å²) in [6.45, 7) is 0.315. The molecule has 2 heterocycles. The maximum Gasteiger partial charge on any atom is 0.419 e. The Morgan fingerprint density at radius 2 is 2.14 bits per heavy atom. The van der Waals surface area contributed by atoms with Crippen LogP contribution in [-0.4, -0.2) is 51.1 Å². The van der Waals surface area contributed by atoms with Crippen molar-refractivity contribution in [1.82, 2.24) is 15.0 Å². The van der Waals surface area contributed by atoms with Gasteiger partial charge in [0.15, 0.2) is 0 Å². The average molecular weight is 415 g/mol. The molecule has 1 aromatic carbocycles. The van der Waals surface area contributed by atoms with E-state index in [1.54, 1.807) is 0 Å². The highest BCUT2D eigenvalue weighted by molar-refractivity contribution is 5.66. The lowest BCUT2D eigenvalue weighted by atomic mass is 10.1. The minimum absolute atomic E-state index is 0.0437. The number of likely N-dealkylation sites (tertiary alicyclic amines) is 1. The molecule has 1 saturated heterocycles. The lowest BCUT2D eigenvalue weighted by Crippen LogP contribution is -2.28. The third-order valence-corrected chi connectivity index (χ3v) is 4.58. The third-order valence-electron chi connectivity index (χ3n) is 4.58. The van der Waals surface area contributed by atoms with Gasteiger partial charge in [-0.15, -0.1) is 0 Å². The van der Waals surface area contributed by atoms with Gasteiger partial charge in [-0.05, 0) is 43.9 Å². The second-order valence-corrected chi connectivity index (χ2v) is 6.58. The van der Waals surface area contributed by atoms with Gasteiger partial charge < -0.3 is 19.5 Å². The zero-order chi connectivity index (χ0) is 21.0. The maximum atomic E-state index is 13.5. The van der Waals surface area contributed by atoms with Crippen molar-refractivity contribution in [3.05, 3.63) is 29.7 Å². The summed E-state index contributed by atoms with van der Waals surface area (Å²) < 4.78 is 50.7. The number of hydrogen-bond donors (Lipinski definition) is 2. The van der Waals surface area contributed by atoms with Gasteiger partial charge in [0, 0.05) is 18.7 Å². The third kappa shape index (κ3) is 4.78. The number of unbranched alkanes of at least 4 members (excludes halogenated alkanes) is 1. The van der Waals surface area contributed by atoms with Gasteiger partial charge in [-0.1, -0.05) is 5.16 Å². The van der Waals surface area contributed by atoms with Crippen LogP contribution in [0.5, 0.6) is 5.75 Å². The molecule has 0 aliphatic carbocycles. The summed E-state index contributed by atoms with van der Waals surface area (Å²) in [6.07, 6.45) is -3.78. The van der Waals surface area contributed by atoms with Crippen LogP contribution in [0, 0.1) is 0 Å². The number of amides is 1. The van der Waals surface area contributed by atoms with E-state index in [-0.39, 0.29) is 36.2 Å². The molecule has 1 aromatic heterocycles. The van der Waals surface area contributed by atoms with Crippen molar-refractivity contribution in [3.63, 3.8) is 0 Å². The van der Waals surface area contributed by atoms with Gasteiger partial charge in [0.1, 0.15) is 11.8 Å². The minimum atomic E-state index is -4.65. The molecule has 1 aliphatic heterocycles. The summed E-state index contributed by atoms with van der Waals surface area (Å²) in [6, 6.07) is 2.84. The second-order valence-electron chi connectivity index (χ2n) is 6.58. The maximum absolute atomic E-state index is 13.5. The van der Waals surface area contributed by atoms with Crippen molar-refractivity contribution >= 4 is 6.09 Å². The Labute approximate surface area is 163 Å². The zero-order valence-electron chi connectivity index (χ0n) is 15.4. The van der Waals surface area contributed by atoms with E-state index in [0.29, 0.717) is 32.2 Å². The van der Waals surface area contributed by atoms with Crippen LogP contribution in [0.25, 0.3) is 11.4 Å². The molecule has 1 aliphatic rings. The number of carbonyl (C=O) groups is 1. The minimum Gasteiger partial charge on any atom is -0.493 e. The van der Waals surface area contributed by atoms with Crippen molar-refractivity contribution < 1.29 is 37.4 Å². The highest BCUT2D eigenvalue weighted by Gasteiger charge is 2.36. The second kappa shape index (κ2) is 8.68. The monoisotopic (exact) mass is 415 g/mol. The first kappa shape index (κ1) is 20.9. The molecule has 8 nitrogen and oxygen atoms in total.